The van der Waals surface area contributed by atoms with Crippen LogP contribution >= 0.6 is 11.6 Å². The molecule has 0 saturated carbocycles. The van der Waals surface area contributed by atoms with Crippen molar-refractivity contribution in [1.82, 2.24) is 9.88 Å². The SMILES string of the molecule is O=C(COc1cccc(F)c1)N1CCC[C@H](c2ncc(Cc3cccc(Cl)c3)o2)C1. The number of hydrogen-bond donors (Lipinski definition) is 0. The molecule has 5 nitrogen and oxygen atoms in total. The Bertz CT molecular complexity index is 1020. The number of likely N-dealkylation sites (tertiary alicyclic amines) is 1. The smallest absolute Gasteiger partial charge is 0.260 e. The molecule has 0 N–H and O–H groups in total. The third-order valence-electron chi connectivity index (χ3n) is 5.12. The molecule has 4 rings (SSSR count). The zero-order chi connectivity index (χ0) is 20.9. The maximum Gasteiger partial charge on any atom is 0.260 e. The summed E-state index contributed by atoms with van der Waals surface area (Å²) in [6, 6.07) is 13.4. The number of rotatable bonds is 6. The molecule has 1 aromatic heterocycles. The van der Waals surface area contributed by atoms with Crippen LogP contribution in [0, 0.1) is 5.82 Å². The molecular weight excluding hydrogens is 407 g/mol. The van der Waals surface area contributed by atoms with E-state index in [4.69, 9.17) is 20.8 Å². The summed E-state index contributed by atoms with van der Waals surface area (Å²) in [5, 5.41) is 0.689. The van der Waals surface area contributed by atoms with Gasteiger partial charge in [0.1, 0.15) is 17.3 Å². The first-order chi connectivity index (χ1) is 14.6. The number of oxazole rings is 1. The molecule has 1 aliphatic rings. The number of benzene rings is 2. The van der Waals surface area contributed by atoms with Crippen LogP contribution < -0.4 is 4.74 Å². The molecule has 1 atom stereocenters. The summed E-state index contributed by atoms with van der Waals surface area (Å²) >= 11 is 6.04. The maximum atomic E-state index is 13.2. The number of carbonyl (C=O) groups is 1. The van der Waals surface area contributed by atoms with Crippen molar-refractivity contribution in [3.05, 3.63) is 82.8 Å². The molecular formula is C23H22ClFN2O3. The summed E-state index contributed by atoms with van der Waals surface area (Å²) < 4.78 is 24.7. The monoisotopic (exact) mass is 428 g/mol. The molecule has 7 heteroatoms. The normalized spacial score (nSPS) is 16.5. The zero-order valence-electron chi connectivity index (χ0n) is 16.4. The average molecular weight is 429 g/mol. The van der Waals surface area contributed by atoms with Gasteiger partial charge in [-0.05, 0) is 42.7 Å². The van der Waals surface area contributed by atoms with E-state index in [9.17, 15) is 9.18 Å². The van der Waals surface area contributed by atoms with Crippen molar-refractivity contribution < 1.29 is 18.3 Å². The number of amides is 1. The molecule has 1 saturated heterocycles. The Hall–Kier alpha value is -2.86. The topological polar surface area (TPSA) is 55.6 Å². The van der Waals surface area contributed by atoms with Crippen LogP contribution in [0.2, 0.25) is 5.02 Å². The Morgan fingerprint density at radius 1 is 1.27 bits per heavy atom. The zero-order valence-corrected chi connectivity index (χ0v) is 17.1. The molecule has 2 heterocycles. The summed E-state index contributed by atoms with van der Waals surface area (Å²) in [6.45, 7) is 1.07. The molecule has 1 amide bonds. The molecule has 0 spiro atoms. The predicted molar refractivity (Wildman–Crippen MR) is 111 cm³/mol. The summed E-state index contributed by atoms with van der Waals surface area (Å²) in [5.74, 6) is 1.28. The number of halogens is 2. The van der Waals surface area contributed by atoms with Crippen LogP contribution in [0.3, 0.4) is 0 Å². The van der Waals surface area contributed by atoms with Gasteiger partial charge in [0.05, 0.1) is 12.1 Å². The van der Waals surface area contributed by atoms with Crippen LogP contribution in [0.15, 0.2) is 59.1 Å². The highest BCUT2D eigenvalue weighted by Gasteiger charge is 2.28. The van der Waals surface area contributed by atoms with Crippen LogP contribution in [-0.4, -0.2) is 35.5 Å². The number of hydrogen-bond acceptors (Lipinski definition) is 4. The molecule has 0 radical (unpaired) electrons. The lowest BCUT2D eigenvalue weighted by atomic mass is 9.98. The lowest BCUT2D eigenvalue weighted by Gasteiger charge is -2.31. The highest BCUT2D eigenvalue weighted by atomic mass is 35.5. The maximum absolute atomic E-state index is 13.2. The van der Waals surface area contributed by atoms with Gasteiger partial charge in [-0.3, -0.25) is 4.79 Å². The second-order valence-electron chi connectivity index (χ2n) is 7.40. The lowest BCUT2D eigenvalue weighted by molar-refractivity contribution is -0.134. The first-order valence-electron chi connectivity index (χ1n) is 9.92. The summed E-state index contributed by atoms with van der Waals surface area (Å²) in [5.41, 5.74) is 1.06. The average Bonchev–Trinajstić information content (AvgIpc) is 3.21. The molecule has 30 heavy (non-hydrogen) atoms. The minimum atomic E-state index is -0.393. The van der Waals surface area contributed by atoms with Gasteiger partial charge in [0.25, 0.3) is 5.91 Å². The van der Waals surface area contributed by atoms with Gasteiger partial charge >= 0.3 is 0 Å². The first-order valence-corrected chi connectivity index (χ1v) is 10.3. The highest BCUT2D eigenvalue weighted by molar-refractivity contribution is 6.30. The number of ether oxygens (including phenoxy) is 1. The van der Waals surface area contributed by atoms with Gasteiger partial charge in [0, 0.05) is 30.6 Å². The van der Waals surface area contributed by atoms with E-state index in [2.05, 4.69) is 4.98 Å². The number of nitrogens with zero attached hydrogens (tertiary/aromatic N) is 2. The molecule has 0 unspecified atom stereocenters. The third-order valence-corrected chi connectivity index (χ3v) is 5.36. The first kappa shape index (κ1) is 20.4. The predicted octanol–water partition coefficient (Wildman–Crippen LogP) is 4.84. The van der Waals surface area contributed by atoms with Gasteiger partial charge < -0.3 is 14.1 Å². The van der Waals surface area contributed by atoms with E-state index in [1.54, 1.807) is 23.2 Å². The second kappa shape index (κ2) is 9.30. The standard InChI is InChI=1S/C23H22ClFN2O3/c24-18-6-1-4-16(10-18)11-21-13-26-23(30-21)17-5-3-9-27(14-17)22(28)15-29-20-8-2-7-19(25)12-20/h1-2,4,6-8,10,12-13,17H,3,5,9,11,14-15H2/t17-/m0/s1. The largest absolute Gasteiger partial charge is 0.484 e. The van der Waals surface area contributed by atoms with Gasteiger partial charge in [0.15, 0.2) is 12.5 Å². The molecule has 3 aromatic rings. The van der Waals surface area contributed by atoms with E-state index >= 15 is 0 Å². The van der Waals surface area contributed by atoms with E-state index in [0.717, 1.165) is 24.2 Å². The molecule has 2 aromatic carbocycles. The van der Waals surface area contributed by atoms with Crippen molar-refractivity contribution >= 4 is 17.5 Å². The molecule has 0 aliphatic carbocycles. The van der Waals surface area contributed by atoms with Crippen molar-refractivity contribution in [3.8, 4) is 5.75 Å². The van der Waals surface area contributed by atoms with Crippen molar-refractivity contribution in [2.75, 3.05) is 19.7 Å². The quantitative estimate of drug-likeness (QED) is 0.563. The summed E-state index contributed by atoms with van der Waals surface area (Å²) in [4.78, 5) is 18.8. The fourth-order valence-corrected chi connectivity index (χ4v) is 3.85. The van der Waals surface area contributed by atoms with Gasteiger partial charge in [-0.25, -0.2) is 9.37 Å². The van der Waals surface area contributed by atoms with Crippen LogP contribution in [0.5, 0.6) is 5.75 Å². The summed E-state index contributed by atoms with van der Waals surface area (Å²) in [7, 11) is 0. The van der Waals surface area contributed by atoms with Crippen molar-refractivity contribution in [1.29, 1.82) is 0 Å². The Morgan fingerprint density at radius 2 is 2.13 bits per heavy atom. The molecule has 0 bridgehead atoms. The molecule has 156 valence electrons. The Balaban J connectivity index is 1.34. The summed E-state index contributed by atoms with van der Waals surface area (Å²) in [6.07, 6.45) is 4.13. The van der Waals surface area contributed by atoms with Gasteiger partial charge in [0.2, 0.25) is 0 Å². The van der Waals surface area contributed by atoms with Crippen molar-refractivity contribution in [2.45, 2.75) is 25.2 Å². The van der Waals surface area contributed by atoms with Crippen LogP contribution in [0.1, 0.15) is 36.0 Å². The van der Waals surface area contributed by atoms with Gasteiger partial charge in [-0.1, -0.05) is 29.8 Å². The number of aromatic nitrogens is 1. The molecule has 1 aliphatic heterocycles. The number of carbonyl (C=O) groups excluding carboxylic acids is 1. The minimum Gasteiger partial charge on any atom is -0.484 e. The van der Waals surface area contributed by atoms with Crippen LogP contribution in [0.25, 0.3) is 0 Å². The Kier molecular flexibility index (Phi) is 6.33. The van der Waals surface area contributed by atoms with Gasteiger partial charge in [-0.15, -0.1) is 0 Å². The van der Waals surface area contributed by atoms with Crippen molar-refractivity contribution in [2.24, 2.45) is 0 Å². The van der Waals surface area contributed by atoms with Gasteiger partial charge in [-0.2, -0.15) is 0 Å². The molecule has 1 fully saturated rings. The van der Waals surface area contributed by atoms with Crippen LogP contribution in [0.4, 0.5) is 4.39 Å². The highest BCUT2D eigenvalue weighted by Crippen LogP contribution is 2.27. The fraction of sp³-hybridized carbons (Fsp3) is 0.304. The fourth-order valence-electron chi connectivity index (χ4n) is 3.64. The van der Waals surface area contributed by atoms with E-state index in [1.165, 1.54) is 12.1 Å². The minimum absolute atomic E-state index is 0.0463. The van der Waals surface area contributed by atoms with E-state index in [-0.39, 0.29) is 18.4 Å². The number of piperidine rings is 1. The van der Waals surface area contributed by atoms with Crippen molar-refractivity contribution in [3.63, 3.8) is 0 Å². The third kappa shape index (κ3) is 5.19. The van der Waals surface area contributed by atoms with Crippen LogP contribution in [-0.2, 0) is 11.2 Å². The lowest BCUT2D eigenvalue weighted by Crippen LogP contribution is -2.41. The van der Waals surface area contributed by atoms with E-state index in [0.29, 0.717) is 36.2 Å². The van der Waals surface area contributed by atoms with E-state index < -0.39 is 5.82 Å². The Morgan fingerprint density at radius 3 is 2.97 bits per heavy atom. The second-order valence-corrected chi connectivity index (χ2v) is 7.83. The van der Waals surface area contributed by atoms with E-state index in [1.807, 2.05) is 24.3 Å². The Labute approximate surface area is 179 Å².